The number of hydrogen-bond acceptors (Lipinski definition) is 2. The molecule has 0 radical (unpaired) electrons. The molecule has 0 atom stereocenters. The van der Waals surface area contributed by atoms with Gasteiger partial charge in [-0.3, -0.25) is 5.10 Å². The molecule has 1 heterocycles. The molecule has 0 saturated heterocycles. The summed E-state index contributed by atoms with van der Waals surface area (Å²) in [6, 6.07) is 6.42. The van der Waals surface area contributed by atoms with Crippen molar-refractivity contribution in [3.63, 3.8) is 0 Å². The molecule has 0 saturated carbocycles. The number of nitrogens with one attached hydrogen (secondary N) is 1. The predicted molar refractivity (Wildman–Crippen MR) is 72.0 cm³/mol. The molecule has 2 aromatic rings. The molecule has 3 nitrogen and oxygen atoms in total. The van der Waals surface area contributed by atoms with Gasteiger partial charge in [0.05, 0.1) is 5.69 Å². The predicted octanol–water partition coefficient (Wildman–Crippen LogP) is 3.40. The first-order valence-corrected chi connectivity index (χ1v) is 5.92. The third-order valence-electron chi connectivity index (χ3n) is 3.07. The zero-order valence-electron chi connectivity index (χ0n) is 10.8. The molecule has 0 aliphatic carbocycles. The molecular weight excluding hydrogens is 210 g/mol. The fraction of sp³-hybridized carbons (Fsp3) is 0.357. The van der Waals surface area contributed by atoms with E-state index in [9.17, 15) is 0 Å². The Morgan fingerprint density at radius 1 is 1.24 bits per heavy atom. The molecule has 3 N–H and O–H groups in total. The van der Waals surface area contributed by atoms with Gasteiger partial charge in [-0.05, 0) is 31.4 Å². The van der Waals surface area contributed by atoms with Crippen LogP contribution < -0.4 is 5.73 Å². The van der Waals surface area contributed by atoms with Gasteiger partial charge in [-0.1, -0.05) is 31.5 Å². The molecule has 0 fully saturated rings. The Morgan fingerprint density at radius 3 is 2.59 bits per heavy atom. The SMILES string of the molecule is Cc1ccc(C)c(-c2[nH]nc(N)c2C(C)C)c1. The van der Waals surface area contributed by atoms with Gasteiger partial charge in [-0.25, -0.2) is 0 Å². The second kappa shape index (κ2) is 4.24. The highest BCUT2D eigenvalue weighted by Gasteiger charge is 2.16. The van der Waals surface area contributed by atoms with Crippen LogP contribution >= 0.6 is 0 Å². The van der Waals surface area contributed by atoms with E-state index >= 15 is 0 Å². The summed E-state index contributed by atoms with van der Waals surface area (Å²) < 4.78 is 0. The van der Waals surface area contributed by atoms with E-state index in [-0.39, 0.29) is 0 Å². The van der Waals surface area contributed by atoms with Gasteiger partial charge in [0, 0.05) is 11.1 Å². The molecule has 0 spiro atoms. The average Bonchev–Trinajstić information content (AvgIpc) is 2.64. The van der Waals surface area contributed by atoms with E-state index < -0.39 is 0 Å². The fourth-order valence-corrected chi connectivity index (χ4v) is 2.16. The number of nitrogens with zero attached hydrogens (tertiary/aromatic N) is 1. The van der Waals surface area contributed by atoms with Gasteiger partial charge >= 0.3 is 0 Å². The van der Waals surface area contributed by atoms with Crippen molar-refractivity contribution in [1.82, 2.24) is 10.2 Å². The Hall–Kier alpha value is -1.77. The van der Waals surface area contributed by atoms with Crippen molar-refractivity contribution < 1.29 is 0 Å². The van der Waals surface area contributed by atoms with Crippen LogP contribution in [0.4, 0.5) is 5.82 Å². The minimum atomic E-state index is 0.365. The Balaban J connectivity index is 2.64. The minimum Gasteiger partial charge on any atom is -0.382 e. The van der Waals surface area contributed by atoms with Crippen molar-refractivity contribution in [1.29, 1.82) is 0 Å². The Kier molecular flexibility index (Phi) is 2.92. The molecule has 0 aliphatic rings. The van der Waals surface area contributed by atoms with E-state index in [2.05, 4.69) is 56.1 Å². The number of aryl methyl sites for hydroxylation is 2. The van der Waals surface area contributed by atoms with Crippen LogP contribution in [0.2, 0.25) is 0 Å². The summed E-state index contributed by atoms with van der Waals surface area (Å²) in [5.41, 5.74) is 11.8. The van der Waals surface area contributed by atoms with Crippen molar-refractivity contribution >= 4 is 5.82 Å². The quantitative estimate of drug-likeness (QED) is 0.829. The van der Waals surface area contributed by atoms with E-state index in [1.807, 2.05) is 0 Å². The second-order valence-electron chi connectivity index (χ2n) is 4.87. The number of H-pyrrole nitrogens is 1. The number of benzene rings is 1. The highest BCUT2D eigenvalue weighted by atomic mass is 15.2. The smallest absolute Gasteiger partial charge is 0.149 e. The van der Waals surface area contributed by atoms with Crippen molar-refractivity contribution in [2.45, 2.75) is 33.6 Å². The Bertz CT molecular complexity index is 538. The highest BCUT2D eigenvalue weighted by Crippen LogP contribution is 2.33. The van der Waals surface area contributed by atoms with E-state index in [1.165, 1.54) is 16.7 Å². The number of aromatic nitrogens is 2. The molecule has 0 unspecified atom stereocenters. The zero-order chi connectivity index (χ0) is 12.6. The van der Waals surface area contributed by atoms with Crippen LogP contribution in [0.25, 0.3) is 11.3 Å². The summed E-state index contributed by atoms with van der Waals surface area (Å²) in [6.45, 7) is 8.47. The van der Waals surface area contributed by atoms with Crippen LogP contribution in [0.15, 0.2) is 18.2 Å². The number of nitrogen functional groups attached to an aromatic ring is 1. The Labute approximate surface area is 102 Å². The molecule has 90 valence electrons. The zero-order valence-corrected chi connectivity index (χ0v) is 10.8. The topological polar surface area (TPSA) is 54.7 Å². The summed E-state index contributed by atoms with van der Waals surface area (Å²) in [5, 5.41) is 7.20. The number of rotatable bonds is 2. The van der Waals surface area contributed by atoms with Crippen LogP contribution in [0.3, 0.4) is 0 Å². The maximum atomic E-state index is 5.93. The molecule has 0 aliphatic heterocycles. The van der Waals surface area contributed by atoms with Crippen molar-refractivity contribution in [2.24, 2.45) is 0 Å². The van der Waals surface area contributed by atoms with Gasteiger partial charge in [0.2, 0.25) is 0 Å². The lowest BCUT2D eigenvalue weighted by Crippen LogP contribution is -1.96. The first-order valence-electron chi connectivity index (χ1n) is 5.92. The summed E-state index contributed by atoms with van der Waals surface area (Å²) in [4.78, 5) is 0. The maximum Gasteiger partial charge on any atom is 0.149 e. The Morgan fingerprint density at radius 2 is 1.94 bits per heavy atom. The van der Waals surface area contributed by atoms with Crippen molar-refractivity contribution in [3.05, 3.63) is 34.9 Å². The molecule has 0 amide bonds. The summed E-state index contributed by atoms with van der Waals surface area (Å²) in [7, 11) is 0. The second-order valence-corrected chi connectivity index (χ2v) is 4.87. The van der Waals surface area contributed by atoms with E-state index in [0.29, 0.717) is 11.7 Å². The lowest BCUT2D eigenvalue weighted by atomic mass is 9.95. The molecule has 1 aromatic heterocycles. The number of nitrogens with two attached hydrogens (primary N) is 1. The van der Waals surface area contributed by atoms with Crippen LogP contribution in [-0.2, 0) is 0 Å². The molecule has 0 bridgehead atoms. The molecule has 17 heavy (non-hydrogen) atoms. The van der Waals surface area contributed by atoms with Gasteiger partial charge in [-0.15, -0.1) is 0 Å². The highest BCUT2D eigenvalue weighted by molar-refractivity contribution is 5.72. The van der Waals surface area contributed by atoms with Crippen molar-refractivity contribution in [3.8, 4) is 11.3 Å². The van der Waals surface area contributed by atoms with E-state index in [1.54, 1.807) is 0 Å². The first-order chi connectivity index (χ1) is 8.00. The van der Waals surface area contributed by atoms with Gasteiger partial charge in [0.15, 0.2) is 0 Å². The minimum absolute atomic E-state index is 0.365. The number of hydrogen-bond donors (Lipinski definition) is 2. The molecule has 3 heteroatoms. The molecular formula is C14H19N3. The average molecular weight is 229 g/mol. The molecule has 2 rings (SSSR count). The standard InChI is InChI=1S/C14H19N3/c1-8(2)12-13(16-17-14(12)15)11-7-9(3)5-6-10(11)4/h5-8H,1-4H3,(H3,15,16,17). The number of anilines is 1. The van der Waals surface area contributed by atoms with E-state index in [4.69, 9.17) is 5.73 Å². The van der Waals surface area contributed by atoms with Gasteiger partial charge in [-0.2, -0.15) is 5.10 Å². The third kappa shape index (κ3) is 2.05. The van der Waals surface area contributed by atoms with Crippen molar-refractivity contribution in [2.75, 3.05) is 5.73 Å². The summed E-state index contributed by atoms with van der Waals surface area (Å²) in [5.74, 6) is 0.972. The van der Waals surface area contributed by atoms with Gasteiger partial charge in [0.25, 0.3) is 0 Å². The maximum absolute atomic E-state index is 5.93. The summed E-state index contributed by atoms with van der Waals surface area (Å²) >= 11 is 0. The van der Waals surface area contributed by atoms with Gasteiger partial charge < -0.3 is 5.73 Å². The largest absolute Gasteiger partial charge is 0.382 e. The number of aromatic amines is 1. The summed E-state index contributed by atoms with van der Waals surface area (Å²) in [6.07, 6.45) is 0. The third-order valence-corrected chi connectivity index (χ3v) is 3.07. The van der Waals surface area contributed by atoms with Crippen LogP contribution in [0, 0.1) is 13.8 Å². The van der Waals surface area contributed by atoms with Crippen LogP contribution in [0.5, 0.6) is 0 Å². The first kappa shape index (κ1) is 11.7. The van der Waals surface area contributed by atoms with Crippen LogP contribution in [0.1, 0.15) is 36.5 Å². The monoisotopic (exact) mass is 229 g/mol. The van der Waals surface area contributed by atoms with Crippen LogP contribution in [-0.4, -0.2) is 10.2 Å². The van der Waals surface area contributed by atoms with Gasteiger partial charge in [0.1, 0.15) is 5.82 Å². The normalized spacial score (nSPS) is 11.1. The lowest BCUT2D eigenvalue weighted by Gasteiger charge is -2.10. The van der Waals surface area contributed by atoms with E-state index in [0.717, 1.165) is 11.3 Å². The molecule has 1 aromatic carbocycles. The lowest BCUT2D eigenvalue weighted by molar-refractivity contribution is 0.873. The fourth-order valence-electron chi connectivity index (χ4n) is 2.16.